The van der Waals surface area contributed by atoms with Crippen LogP contribution in [0.5, 0.6) is 0 Å². The topological polar surface area (TPSA) is 39.9 Å². The molecule has 0 unspecified atom stereocenters. The minimum Gasteiger partial charge on any atom is -0.383 e. The van der Waals surface area contributed by atoms with Gasteiger partial charge in [-0.1, -0.05) is 54.2 Å². The molecule has 4 nitrogen and oxygen atoms in total. The van der Waals surface area contributed by atoms with Crippen molar-refractivity contribution in [3.8, 4) is 11.4 Å². The maximum atomic E-state index is 13.3. The van der Waals surface area contributed by atoms with Crippen LogP contribution in [-0.4, -0.2) is 28.5 Å². The van der Waals surface area contributed by atoms with Gasteiger partial charge in [-0.15, -0.1) is 10.2 Å². The third-order valence-electron chi connectivity index (χ3n) is 3.52. The second-order valence-electron chi connectivity index (χ2n) is 5.24. The summed E-state index contributed by atoms with van der Waals surface area (Å²) in [5.74, 6) is 1.23. The second kappa shape index (κ2) is 8.08. The Bertz CT molecular complexity index is 792. The van der Waals surface area contributed by atoms with Gasteiger partial charge < -0.3 is 4.74 Å². The summed E-state index contributed by atoms with van der Waals surface area (Å²) in [4.78, 5) is 0. The molecule has 0 aliphatic heterocycles. The Hall–Kier alpha value is -2.18. The summed E-state index contributed by atoms with van der Waals surface area (Å²) in [6, 6.07) is 16.6. The van der Waals surface area contributed by atoms with Gasteiger partial charge in [-0.3, -0.25) is 4.57 Å². The number of nitrogens with zero attached hydrogens (tertiary/aromatic N) is 3. The quantitative estimate of drug-likeness (QED) is 0.608. The predicted molar refractivity (Wildman–Crippen MR) is 93.3 cm³/mol. The van der Waals surface area contributed by atoms with Crippen molar-refractivity contribution in [1.29, 1.82) is 0 Å². The van der Waals surface area contributed by atoms with Gasteiger partial charge in [0.05, 0.1) is 13.2 Å². The molecular formula is C18H18FN3OS. The molecule has 2 aromatic carbocycles. The van der Waals surface area contributed by atoms with Crippen LogP contribution in [0.2, 0.25) is 0 Å². The van der Waals surface area contributed by atoms with Crippen molar-refractivity contribution < 1.29 is 9.13 Å². The van der Waals surface area contributed by atoms with E-state index in [1.165, 1.54) is 6.07 Å². The number of methoxy groups -OCH3 is 1. The lowest BCUT2D eigenvalue weighted by molar-refractivity contribution is 0.185. The number of aromatic nitrogens is 3. The lowest BCUT2D eigenvalue weighted by Gasteiger charge is -2.09. The fourth-order valence-corrected chi connectivity index (χ4v) is 3.26. The van der Waals surface area contributed by atoms with Crippen molar-refractivity contribution in [3.05, 3.63) is 66.0 Å². The van der Waals surface area contributed by atoms with Crippen LogP contribution in [0, 0.1) is 5.82 Å². The lowest BCUT2D eigenvalue weighted by atomic mass is 10.2. The number of rotatable bonds is 7. The molecule has 24 heavy (non-hydrogen) atoms. The number of ether oxygens (including phenoxy) is 1. The van der Waals surface area contributed by atoms with Gasteiger partial charge in [0.2, 0.25) is 0 Å². The summed E-state index contributed by atoms with van der Waals surface area (Å²) in [5.41, 5.74) is 1.93. The zero-order chi connectivity index (χ0) is 16.8. The molecule has 0 amide bonds. The Morgan fingerprint density at radius 2 is 1.92 bits per heavy atom. The van der Waals surface area contributed by atoms with Crippen molar-refractivity contribution in [2.75, 3.05) is 13.7 Å². The summed E-state index contributed by atoms with van der Waals surface area (Å²) in [6.45, 7) is 1.24. The Balaban J connectivity index is 1.83. The normalized spacial score (nSPS) is 10.9. The Kier molecular flexibility index (Phi) is 5.61. The van der Waals surface area contributed by atoms with Gasteiger partial charge in [0.25, 0.3) is 0 Å². The maximum absolute atomic E-state index is 13.3. The summed E-state index contributed by atoms with van der Waals surface area (Å²) in [6.07, 6.45) is 0. The maximum Gasteiger partial charge on any atom is 0.191 e. The van der Waals surface area contributed by atoms with Crippen LogP contribution in [0.25, 0.3) is 11.4 Å². The zero-order valence-electron chi connectivity index (χ0n) is 13.4. The van der Waals surface area contributed by atoms with Crippen molar-refractivity contribution in [1.82, 2.24) is 14.8 Å². The minimum atomic E-state index is -0.223. The average molecular weight is 343 g/mol. The average Bonchev–Trinajstić information content (AvgIpc) is 3.02. The van der Waals surface area contributed by atoms with Crippen molar-refractivity contribution in [2.24, 2.45) is 0 Å². The van der Waals surface area contributed by atoms with E-state index in [2.05, 4.69) is 10.2 Å². The monoisotopic (exact) mass is 343 g/mol. The highest BCUT2D eigenvalue weighted by molar-refractivity contribution is 7.98. The standard InChI is InChI=1S/C18H18FN3OS/c1-23-11-10-22-17(15-7-3-2-4-8-15)20-21-18(22)24-13-14-6-5-9-16(19)12-14/h2-9,12H,10-11,13H2,1H3. The molecule has 1 heterocycles. The first-order chi connectivity index (χ1) is 11.8. The minimum absolute atomic E-state index is 0.223. The van der Waals surface area contributed by atoms with Crippen molar-refractivity contribution >= 4 is 11.8 Å². The van der Waals surface area contributed by atoms with Crippen molar-refractivity contribution in [3.63, 3.8) is 0 Å². The molecule has 0 atom stereocenters. The molecule has 0 aliphatic carbocycles. The van der Waals surface area contributed by atoms with E-state index in [4.69, 9.17) is 4.74 Å². The van der Waals surface area contributed by atoms with Crippen molar-refractivity contribution in [2.45, 2.75) is 17.5 Å². The molecule has 3 rings (SSSR count). The number of benzene rings is 2. The number of halogens is 1. The van der Waals surface area contributed by atoms with E-state index in [-0.39, 0.29) is 5.82 Å². The summed E-state index contributed by atoms with van der Waals surface area (Å²) < 4.78 is 20.6. The van der Waals surface area contributed by atoms with Gasteiger partial charge in [-0.2, -0.15) is 0 Å². The highest BCUT2D eigenvalue weighted by Crippen LogP contribution is 2.26. The van der Waals surface area contributed by atoms with Crippen LogP contribution in [0.1, 0.15) is 5.56 Å². The van der Waals surface area contributed by atoms with Crippen LogP contribution in [0.15, 0.2) is 59.8 Å². The molecule has 124 valence electrons. The first kappa shape index (κ1) is 16.7. The fraction of sp³-hybridized carbons (Fsp3) is 0.222. The molecule has 0 radical (unpaired) electrons. The predicted octanol–water partition coefficient (Wildman–Crippen LogP) is 4.02. The summed E-state index contributed by atoms with van der Waals surface area (Å²) in [5, 5.41) is 9.44. The van der Waals surface area contributed by atoms with Crippen LogP contribution in [-0.2, 0) is 17.0 Å². The Labute approximate surface area is 144 Å². The number of thioether (sulfide) groups is 1. The second-order valence-corrected chi connectivity index (χ2v) is 6.18. The van der Waals surface area contributed by atoms with E-state index >= 15 is 0 Å². The first-order valence-electron chi connectivity index (χ1n) is 7.62. The molecule has 0 N–H and O–H groups in total. The molecule has 3 aromatic rings. The molecule has 1 aromatic heterocycles. The van der Waals surface area contributed by atoms with E-state index in [1.54, 1.807) is 31.0 Å². The van der Waals surface area contributed by atoms with E-state index in [9.17, 15) is 4.39 Å². The van der Waals surface area contributed by atoms with E-state index in [0.29, 0.717) is 18.9 Å². The number of hydrogen-bond acceptors (Lipinski definition) is 4. The fourth-order valence-electron chi connectivity index (χ4n) is 2.36. The van der Waals surface area contributed by atoms with Crippen LogP contribution >= 0.6 is 11.8 Å². The lowest BCUT2D eigenvalue weighted by Crippen LogP contribution is -2.07. The molecule has 0 saturated carbocycles. The van der Waals surface area contributed by atoms with E-state index in [0.717, 1.165) is 22.1 Å². The Morgan fingerprint density at radius 1 is 1.08 bits per heavy atom. The molecule has 0 aliphatic rings. The third kappa shape index (κ3) is 4.01. The van der Waals surface area contributed by atoms with Gasteiger partial charge in [0.1, 0.15) is 5.82 Å². The molecule has 0 bridgehead atoms. The van der Waals surface area contributed by atoms with Crippen LogP contribution < -0.4 is 0 Å². The highest BCUT2D eigenvalue weighted by atomic mass is 32.2. The summed E-state index contributed by atoms with van der Waals surface area (Å²) in [7, 11) is 1.67. The summed E-state index contributed by atoms with van der Waals surface area (Å²) >= 11 is 1.54. The van der Waals surface area contributed by atoms with Gasteiger partial charge in [-0.05, 0) is 17.7 Å². The third-order valence-corrected chi connectivity index (χ3v) is 4.56. The van der Waals surface area contributed by atoms with Crippen LogP contribution in [0.4, 0.5) is 4.39 Å². The zero-order valence-corrected chi connectivity index (χ0v) is 14.2. The molecule has 0 fully saturated rings. The smallest absolute Gasteiger partial charge is 0.191 e. The van der Waals surface area contributed by atoms with E-state index in [1.807, 2.05) is 41.0 Å². The van der Waals surface area contributed by atoms with Gasteiger partial charge in [0, 0.05) is 18.4 Å². The largest absolute Gasteiger partial charge is 0.383 e. The van der Waals surface area contributed by atoms with E-state index < -0.39 is 0 Å². The molecule has 6 heteroatoms. The molecule has 0 saturated heterocycles. The SMILES string of the molecule is COCCn1c(SCc2cccc(F)c2)nnc1-c1ccccc1. The van der Waals surface area contributed by atoms with Gasteiger partial charge in [0.15, 0.2) is 11.0 Å². The first-order valence-corrected chi connectivity index (χ1v) is 8.61. The molecular weight excluding hydrogens is 325 g/mol. The van der Waals surface area contributed by atoms with Gasteiger partial charge in [-0.25, -0.2) is 4.39 Å². The van der Waals surface area contributed by atoms with Crippen LogP contribution in [0.3, 0.4) is 0 Å². The van der Waals surface area contributed by atoms with Gasteiger partial charge >= 0.3 is 0 Å². The highest BCUT2D eigenvalue weighted by Gasteiger charge is 2.14. The Morgan fingerprint density at radius 3 is 2.67 bits per heavy atom. The molecule has 0 spiro atoms. The number of hydrogen-bond donors (Lipinski definition) is 0.